The van der Waals surface area contributed by atoms with Gasteiger partial charge in [-0.1, -0.05) is 6.08 Å². The first-order valence-electron chi connectivity index (χ1n) is 9.97. The second kappa shape index (κ2) is 8.95. The highest BCUT2D eigenvalue weighted by Crippen LogP contribution is 2.25. The van der Waals surface area contributed by atoms with E-state index in [2.05, 4.69) is 28.5 Å². The molecule has 0 aliphatic rings. The van der Waals surface area contributed by atoms with E-state index >= 15 is 0 Å². The molecule has 0 spiro atoms. The number of carbonyl (C=O) groups is 1. The van der Waals surface area contributed by atoms with Crippen LogP contribution < -0.4 is 0 Å². The Morgan fingerprint density at radius 2 is 2.03 bits per heavy atom. The highest BCUT2D eigenvalue weighted by atomic mass is 16.6. The fourth-order valence-corrected chi connectivity index (χ4v) is 3.43. The second-order valence-electron chi connectivity index (χ2n) is 7.33. The van der Waals surface area contributed by atoms with Crippen LogP contribution in [0.1, 0.15) is 59.8 Å². The number of hydrogen-bond donors (Lipinski definition) is 0. The first-order valence-corrected chi connectivity index (χ1v) is 9.97. The van der Waals surface area contributed by atoms with E-state index in [1.807, 2.05) is 36.7 Å². The standard InChI is InChI=1S/C22H25N5O4/c1-6-31-22(28)19-12-18(27(29)30)13-23-20(19)8-7-17-11-15(4)25(16(17)5)21-9-10-24-26(21)14(2)3/h7-14H,6H2,1-5H3/b8-7+. The Kier molecular flexibility index (Phi) is 6.33. The van der Waals surface area contributed by atoms with Crippen LogP contribution in [0.3, 0.4) is 0 Å². The van der Waals surface area contributed by atoms with Crippen molar-refractivity contribution in [1.29, 1.82) is 0 Å². The SMILES string of the molecule is CCOC(=O)c1cc([N+](=O)[O-])cnc1/C=C/c1cc(C)n(-c2ccnn2C(C)C)c1C. The number of nitro groups is 1. The average molecular weight is 423 g/mol. The minimum absolute atomic E-state index is 0.0546. The molecule has 3 aromatic rings. The molecule has 3 rings (SSSR count). The molecule has 0 aliphatic carbocycles. The van der Waals surface area contributed by atoms with E-state index in [9.17, 15) is 14.9 Å². The molecule has 0 aliphatic heterocycles. The number of rotatable bonds is 7. The quantitative estimate of drug-likeness (QED) is 0.314. The van der Waals surface area contributed by atoms with Crippen molar-refractivity contribution in [3.8, 4) is 5.82 Å². The summed E-state index contributed by atoms with van der Waals surface area (Å²) in [5.41, 5.74) is 3.06. The van der Waals surface area contributed by atoms with Crippen molar-refractivity contribution in [3.63, 3.8) is 0 Å². The van der Waals surface area contributed by atoms with Crippen LogP contribution in [0, 0.1) is 24.0 Å². The van der Waals surface area contributed by atoms with Gasteiger partial charge in [0.2, 0.25) is 0 Å². The smallest absolute Gasteiger partial charge is 0.340 e. The van der Waals surface area contributed by atoms with Crippen molar-refractivity contribution in [2.24, 2.45) is 0 Å². The predicted molar refractivity (Wildman–Crippen MR) is 117 cm³/mol. The molecule has 0 bridgehead atoms. The molecular weight excluding hydrogens is 398 g/mol. The van der Waals surface area contributed by atoms with E-state index in [1.54, 1.807) is 19.2 Å². The maximum atomic E-state index is 12.3. The number of aromatic nitrogens is 4. The normalized spacial score (nSPS) is 11.4. The van der Waals surface area contributed by atoms with E-state index in [1.165, 1.54) is 6.07 Å². The molecule has 3 aromatic heterocycles. The Morgan fingerprint density at radius 3 is 2.68 bits per heavy atom. The van der Waals surface area contributed by atoms with Crippen LogP contribution in [-0.4, -0.2) is 36.8 Å². The molecule has 3 heterocycles. The molecule has 0 fully saturated rings. The van der Waals surface area contributed by atoms with Crippen molar-refractivity contribution in [2.75, 3.05) is 6.61 Å². The lowest BCUT2D eigenvalue weighted by Crippen LogP contribution is -2.11. The minimum atomic E-state index is -0.648. The van der Waals surface area contributed by atoms with Gasteiger partial charge in [-0.3, -0.25) is 10.1 Å². The fourth-order valence-electron chi connectivity index (χ4n) is 3.43. The largest absolute Gasteiger partial charge is 0.462 e. The Morgan fingerprint density at radius 1 is 1.29 bits per heavy atom. The van der Waals surface area contributed by atoms with Crippen LogP contribution in [-0.2, 0) is 4.74 Å². The van der Waals surface area contributed by atoms with Crippen LogP contribution in [0.15, 0.2) is 30.6 Å². The van der Waals surface area contributed by atoms with Crippen molar-refractivity contribution in [2.45, 2.75) is 40.7 Å². The summed E-state index contributed by atoms with van der Waals surface area (Å²) >= 11 is 0. The first-order chi connectivity index (χ1) is 14.7. The molecule has 162 valence electrons. The van der Waals surface area contributed by atoms with Gasteiger partial charge in [-0.05, 0) is 52.3 Å². The molecule has 0 saturated heterocycles. The molecule has 0 N–H and O–H groups in total. The van der Waals surface area contributed by atoms with Crippen LogP contribution in [0.4, 0.5) is 5.69 Å². The topological polar surface area (TPSA) is 105 Å². The first kappa shape index (κ1) is 21.9. The van der Waals surface area contributed by atoms with Gasteiger partial charge in [-0.15, -0.1) is 0 Å². The summed E-state index contributed by atoms with van der Waals surface area (Å²) in [6.45, 7) is 9.99. The zero-order chi connectivity index (χ0) is 22.7. The van der Waals surface area contributed by atoms with Gasteiger partial charge < -0.3 is 9.30 Å². The third kappa shape index (κ3) is 4.40. The maximum absolute atomic E-state index is 12.3. The summed E-state index contributed by atoms with van der Waals surface area (Å²) in [5.74, 6) is 0.315. The molecule has 9 nitrogen and oxygen atoms in total. The molecule has 0 radical (unpaired) electrons. The van der Waals surface area contributed by atoms with Crippen molar-refractivity contribution >= 4 is 23.8 Å². The number of esters is 1. The Balaban J connectivity index is 2.02. The highest BCUT2D eigenvalue weighted by Gasteiger charge is 2.19. The fraction of sp³-hybridized carbons (Fsp3) is 0.318. The van der Waals surface area contributed by atoms with Gasteiger partial charge in [0.15, 0.2) is 0 Å². The summed E-state index contributed by atoms with van der Waals surface area (Å²) in [7, 11) is 0. The van der Waals surface area contributed by atoms with E-state index < -0.39 is 10.9 Å². The number of aryl methyl sites for hydroxylation is 1. The van der Waals surface area contributed by atoms with Gasteiger partial charge in [0.25, 0.3) is 5.69 Å². The van der Waals surface area contributed by atoms with Gasteiger partial charge in [-0.25, -0.2) is 14.5 Å². The molecule has 0 aromatic carbocycles. The summed E-state index contributed by atoms with van der Waals surface area (Å²) in [4.78, 5) is 26.9. The van der Waals surface area contributed by atoms with Crippen molar-refractivity contribution in [3.05, 3.63) is 68.9 Å². The number of pyridine rings is 1. The Bertz CT molecular complexity index is 1160. The van der Waals surface area contributed by atoms with E-state index in [0.717, 1.165) is 29.0 Å². The van der Waals surface area contributed by atoms with Crippen molar-refractivity contribution in [1.82, 2.24) is 19.3 Å². The van der Waals surface area contributed by atoms with Gasteiger partial charge in [0.1, 0.15) is 12.0 Å². The van der Waals surface area contributed by atoms with Gasteiger partial charge in [-0.2, -0.15) is 5.10 Å². The summed E-state index contributed by atoms with van der Waals surface area (Å²) in [5, 5.41) is 15.5. The van der Waals surface area contributed by atoms with E-state index in [0.29, 0.717) is 5.69 Å². The highest BCUT2D eigenvalue weighted by molar-refractivity contribution is 5.94. The van der Waals surface area contributed by atoms with E-state index in [-0.39, 0.29) is 23.9 Å². The number of carbonyl (C=O) groups excluding carboxylic acids is 1. The molecule has 31 heavy (non-hydrogen) atoms. The van der Waals surface area contributed by atoms with Crippen LogP contribution in [0.5, 0.6) is 0 Å². The summed E-state index contributed by atoms with van der Waals surface area (Å²) in [6, 6.07) is 5.39. The molecule has 0 amide bonds. The summed E-state index contributed by atoms with van der Waals surface area (Å²) in [6.07, 6.45) is 6.41. The lowest BCUT2D eigenvalue weighted by Gasteiger charge is -2.15. The third-order valence-electron chi connectivity index (χ3n) is 4.87. The zero-order valence-electron chi connectivity index (χ0n) is 18.2. The second-order valence-corrected chi connectivity index (χ2v) is 7.33. The Hall–Kier alpha value is -3.75. The Labute approximate surface area is 180 Å². The number of nitrogens with zero attached hydrogens (tertiary/aromatic N) is 5. The molecule has 0 atom stereocenters. The molecule has 9 heteroatoms. The minimum Gasteiger partial charge on any atom is -0.462 e. The third-order valence-corrected chi connectivity index (χ3v) is 4.87. The monoisotopic (exact) mass is 423 g/mol. The van der Waals surface area contributed by atoms with Gasteiger partial charge in [0.05, 0.1) is 29.0 Å². The van der Waals surface area contributed by atoms with Gasteiger partial charge in [0, 0.05) is 29.6 Å². The lowest BCUT2D eigenvalue weighted by molar-refractivity contribution is -0.385. The predicted octanol–water partition coefficient (Wildman–Crippen LogP) is 4.52. The average Bonchev–Trinajstić information content (AvgIpc) is 3.30. The molecule has 0 saturated carbocycles. The molecular formula is C22H25N5O4. The van der Waals surface area contributed by atoms with Gasteiger partial charge >= 0.3 is 5.97 Å². The summed E-state index contributed by atoms with van der Waals surface area (Å²) < 4.78 is 9.10. The van der Waals surface area contributed by atoms with Crippen LogP contribution >= 0.6 is 0 Å². The maximum Gasteiger partial charge on any atom is 0.340 e. The lowest BCUT2D eigenvalue weighted by atomic mass is 10.1. The van der Waals surface area contributed by atoms with Crippen molar-refractivity contribution < 1.29 is 14.5 Å². The van der Waals surface area contributed by atoms with E-state index in [4.69, 9.17) is 4.74 Å². The number of ether oxygens (including phenoxy) is 1. The van der Waals surface area contributed by atoms with Crippen LogP contribution in [0.2, 0.25) is 0 Å². The van der Waals surface area contributed by atoms with Crippen LogP contribution in [0.25, 0.3) is 18.0 Å². The zero-order valence-corrected chi connectivity index (χ0v) is 18.2. The molecule has 0 unspecified atom stereocenters. The number of hydrogen-bond acceptors (Lipinski definition) is 6.